The Kier molecular flexibility index (Phi) is 6.08. The molecule has 1 amide bonds. The van der Waals surface area contributed by atoms with Gasteiger partial charge in [0.2, 0.25) is 10.0 Å². The van der Waals surface area contributed by atoms with Gasteiger partial charge in [-0.1, -0.05) is 24.9 Å². The van der Waals surface area contributed by atoms with Gasteiger partial charge in [-0.2, -0.15) is 4.31 Å². The molecule has 1 heterocycles. The van der Waals surface area contributed by atoms with Crippen LogP contribution in [0, 0.1) is 11.8 Å². The fraction of sp³-hybridized carbons (Fsp3) is 0.556. The van der Waals surface area contributed by atoms with Gasteiger partial charge in [-0.25, -0.2) is 8.42 Å². The third-order valence-corrected chi connectivity index (χ3v) is 7.29. The van der Waals surface area contributed by atoms with Gasteiger partial charge in [-0.15, -0.1) is 0 Å². The van der Waals surface area contributed by atoms with Crippen molar-refractivity contribution >= 4 is 39.2 Å². The molecule has 1 saturated heterocycles. The van der Waals surface area contributed by atoms with Crippen molar-refractivity contribution in [1.29, 1.82) is 0 Å². The fourth-order valence-corrected chi connectivity index (χ4v) is 5.13. The summed E-state index contributed by atoms with van der Waals surface area (Å²) in [5.41, 5.74) is 0.288. The molecule has 0 spiro atoms. The molecule has 27 heavy (non-hydrogen) atoms. The number of piperidine rings is 1. The third kappa shape index (κ3) is 4.80. The normalized spacial score (nSPS) is 22.9. The topological polar surface area (TPSA) is 92.8 Å². The summed E-state index contributed by atoms with van der Waals surface area (Å²) in [5.74, 6) is -0.712. The van der Waals surface area contributed by atoms with Crippen molar-refractivity contribution in [3.8, 4) is 0 Å². The minimum absolute atomic E-state index is 0.0346. The number of hydrogen-bond acceptors (Lipinski definition) is 5. The number of carbonyl (C=O) groups is 2. The molecule has 2 aliphatic rings. The molecule has 0 radical (unpaired) electrons. The van der Waals surface area contributed by atoms with E-state index in [0.29, 0.717) is 19.0 Å². The molecule has 1 aliphatic carbocycles. The van der Waals surface area contributed by atoms with Crippen LogP contribution >= 0.6 is 11.6 Å². The lowest BCUT2D eigenvalue weighted by Gasteiger charge is -2.26. The molecule has 3 rings (SSSR count). The van der Waals surface area contributed by atoms with Gasteiger partial charge in [-0.3, -0.25) is 9.59 Å². The highest BCUT2D eigenvalue weighted by molar-refractivity contribution is 7.89. The molecule has 2 fully saturated rings. The van der Waals surface area contributed by atoms with Crippen LogP contribution in [0.3, 0.4) is 0 Å². The van der Waals surface area contributed by atoms with Crippen LogP contribution in [-0.2, 0) is 24.3 Å². The van der Waals surface area contributed by atoms with E-state index in [-0.39, 0.29) is 27.5 Å². The van der Waals surface area contributed by atoms with Gasteiger partial charge in [0, 0.05) is 18.8 Å². The molecule has 0 aromatic heterocycles. The lowest BCUT2D eigenvalue weighted by atomic mass is 10.2. The molecular formula is C18H23ClN2O5S. The van der Waals surface area contributed by atoms with Crippen molar-refractivity contribution in [3.63, 3.8) is 0 Å². The zero-order valence-corrected chi connectivity index (χ0v) is 16.7. The average Bonchev–Trinajstić information content (AvgIpc) is 3.39. The molecule has 1 N–H and O–H groups in total. The zero-order chi connectivity index (χ0) is 19.6. The first-order chi connectivity index (χ1) is 12.8. The molecule has 148 valence electrons. The number of anilines is 1. The van der Waals surface area contributed by atoms with E-state index in [1.54, 1.807) is 0 Å². The molecule has 9 heteroatoms. The number of hydrogen-bond donors (Lipinski definition) is 1. The Labute approximate surface area is 164 Å². The third-order valence-electron chi connectivity index (χ3n) is 4.91. The van der Waals surface area contributed by atoms with Gasteiger partial charge in [0.15, 0.2) is 6.61 Å². The standard InChI is InChI=1S/C18H23ClN2O5S/c1-12-9-14(12)18(23)26-11-17(22)20-13-5-6-15(19)16(10-13)27(24,25)21-7-3-2-4-8-21/h5-6,10,12,14H,2-4,7-9,11H2,1H3,(H,20,22)/t12-,14-/m1/s1. The highest BCUT2D eigenvalue weighted by Gasteiger charge is 2.40. The number of nitrogens with zero attached hydrogens (tertiary/aromatic N) is 1. The van der Waals surface area contributed by atoms with Crippen LogP contribution in [0.2, 0.25) is 5.02 Å². The molecule has 1 aliphatic heterocycles. The van der Waals surface area contributed by atoms with Crippen LogP contribution in [0.1, 0.15) is 32.6 Å². The summed E-state index contributed by atoms with van der Waals surface area (Å²) < 4.78 is 32.1. The number of ether oxygens (including phenoxy) is 1. The van der Waals surface area contributed by atoms with E-state index in [2.05, 4.69) is 5.32 Å². The van der Waals surface area contributed by atoms with Crippen molar-refractivity contribution in [2.75, 3.05) is 25.0 Å². The van der Waals surface area contributed by atoms with Gasteiger partial charge in [-0.05, 0) is 43.4 Å². The van der Waals surface area contributed by atoms with E-state index in [4.69, 9.17) is 16.3 Å². The molecule has 1 saturated carbocycles. The van der Waals surface area contributed by atoms with Gasteiger partial charge in [0.25, 0.3) is 5.91 Å². The van der Waals surface area contributed by atoms with E-state index in [1.165, 1.54) is 22.5 Å². The summed E-state index contributed by atoms with van der Waals surface area (Å²) >= 11 is 6.11. The molecule has 1 aromatic rings. The number of amides is 1. The van der Waals surface area contributed by atoms with E-state index in [9.17, 15) is 18.0 Å². The van der Waals surface area contributed by atoms with Gasteiger partial charge in [0.1, 0.15) is 4.90 Å². The Hall–Kier alpha value is -1.64. The average molecular weight is 415 g/mol. The Morgan fingerprint density at radius 2 is 1.93 bits per heavy atom. The summed E-state index contributed by atoms with van der Waals surface area (Å²) in [6, 6.07) is 4.29. The van der Waals surface area contributed by atoms with Crippen molar-refractivity contribution in [3.05, 3.63) is 23.2 Å². The number of sulfonamides is 1. The maximum atomic E-state index is 12.8. The second kappa shape index (κ2) is 8.16. The van der Waals surface area contributed by atoms with Crippen LogP contribution in [0.5, 0.6) is 0 Å². The summed E-state index contributed by atoms with van der Waals surface area (Å²) in [6.07, 6.45) is 3.43. The predicted octanol–water partition coefficient (Wildman–Crippen LogP) is 2.65. The fourth-order valence-electron chi connectivity index (χ4n) is 3.11. The van der Waals surface area contributed by atoms with Gasteiger partial charge in [0.05, 0.1) is 10.9 Å². The van der Waals surface area contributed by atoms with Gasteiger partial charge >= 0.3 is 5.97 Å². The Bertz CT molecular complexity index is 836. The number of esters is 1. The first kappa shape index (κ1) is 20.1. The van der Waals surface area contributed by atoms with E-state index in [1.807, 2.05) is 6.92 Å². The first-order valence-corrected chi connectivity index (χ1v) is 10.9. The molecular weight excluding hydrogens is 392 g/mol. The van der Waals surface area contributed by atoms with Crippen LogP contribution < -0.4 is 5.32 Å². The second-order valence-corrected chi connectivity index (χ2v) is 9.40. The molecule has 0 bridgehead atoms. The summed E-state index contributed by atoms with van der Waals surface area (Å²) in [4.78, 5) is 23.6. The number of halogens is 1. The Balaban J connectivity index is 1.65. The van der Waals surface area contributed by atoms with Crippen molar-refractivity contribution < 1.29 is 22.7 Å². The largest absolute Gasteiger partial charge is 0.455 e. The molecule has 1 aromatic carbocycles. The molecule has 2 atom stereocenters. The van der Waals surface area contributed by atoms with Crippen molar-refractivity contribution in [2.24, 2.45) is 11.8 Å². The van der Waals surface area contributed by atoms with E-state index < -0.39 is 22.5 Å². The monoisotopic (exact) mass is 414 g/mol. The predicted molar refractivity (Wildman–Crippen MR) is 101 cm³/mol. The first-order valence-electron chi connectivity index (χ1n) is 9.05. The van der Waals surface area contributed by atoms with Crippen LogP contribution in [0.4, 0.5) is 5.69 Å². The van der Waals surface area contributed by atoms with Crippen LogP contribution in [0.15, 0.2) is 23.1 Å². The van der Waals surface area contributed by atoms with E-state index >= 15 is 0 Å². The zero-order valence-electron chi connectivity index (χ0n) is 15.1. The molecule has 7 nitrogen and oxygen atoms in total. The second-order valence-electron chi connectivity index (χ2n) is 7.09. The van der Waals surface area contributed by atoms with Gasteiger partial charge < -0.3 is 10.1 Å². The molecule has 0 unspecified atom stereocenters. The highest BCUT2D eigenvalue weighted by Crippen LogP contribution is 2.38. The Morgan fingerprint density at radius 1 is 1.26 bits per heavy atom. The van der Waals surface area contributed by atoms with Crippen LogP contribution in [0.25, 0.3) is 0 Å². The maximum absolute atomic E-state index is 12.8. The number of rotatable bonds is 6. The summed E-state index contributed by atoms with van der Waals surface area (Å²) in [7, 11) is -3.72. The van der Waals surface area contributed by atoms with Crippen molar-refractivity contribution in [2.45, 2.75) is 37.5 Å². The summed E-state index contributed by atoms with van der Waals surface area (Å²) in [5, 5.41) is 2.66. The van der Waals surface area contributed by atoms with E-state index in [0.717, 1.165) is 25.7 Å². The summed E-state index contributed by atoms with van der Waals surface area (Å²) in [6.45, 7) is 2.47. The van der Waals surface area contributed by atoms with Crippen LogP contribution in [-0.4, -0.2) is 44.3 Å². The lowest BCUT2D eigenvalue weighted by molar-refractivity contribution is -0.148. The minimum atomic E-state index is -3.72. The number of carbonyl (C=O) groups excluding carboxylic acids is 2. The maximum Gasteiger partial charge on any atom is 0.309 e. The quantitative estimate of drug-likeness (QED) is 0.722. The highest BCUT2D eigenvalue weighted by atomic mass is 35.5. The Morgan fingerprint density at radius 3 is 2.56 bits per heavy atom. The smallest absolute Gasteiger partial charge is 0.309 e. The number of nitrogens with one attached hydrogen (secondary N) is 1. The SMILES string of the molecule is C[C@@H]1C[C@H]1C(=O)OCC(=O)Nc1ccc(Cl)c(S(=O)(=O)N2CCCCC2)c1. The number of benzene rings is 1. The lowest BCUT2D eigenvalue weighted by Crippen LogP contribution is -2.35. The minimum Gasteiger partial charge on any atom is -0.455 e. The van der Waals surface area contributed by atoms with Crippen molar-refractivity contribution in [1.82, 2.24) is 4.31 Å².